The summed E-state index contributed by atoms with van der Waals surface area (Å²) in [6.07, 6.45) is -7.52. The summed E-state index contributed by atoms with van der Waals surface area (Å²) in [5, 5.41) is 22.8. The molecule has 4 aliphatic heterocycles. The van der Waals surface area contributed by atoms with Crippen LogP contribution < -0.4 is 5.73 Å². The fourth-order valence-electron chi connectivity index (χ4n) is 10.2. The summed E-state index contributed by atoms with van der Waals surface area (Å²) in [7, 11) is 6.84. The molecule has 4 heterocycles. The molecule has 18 atom stereocenters. The van der Waals surface area contributed by atoms with E-state index in [1.807, 2.05) is 53.6 Å². The van der Waals surface area contributed by atoms with E-state index in [-0.39, 0.29) is 87.8 Å². The Kier molecular flexibility index (Phi) is 18.6. The number of cyclic esters (lactones) is 1. The number of aliphatic hydroxyl groups excluding tert-OH is 2. The van der Waals surface area contributed by atoms with E-state index in [1.165, 1.54) is 12.0 Å². The predicted octanol–water partition coefficient (Wildman–Crippen LogP) is 3.64. The number of nitrogens with two attached hydrogens (primary N) is 1. The van der Waals surface area contributed by atoms with Crippen LogP contribution in [-0.4, -0.2) is 162 Å². The second kappa shape index (κ2) is 20.7. The average Bonchev–Trinajstić information content (AvgIpc) is 3.40. The molecule has 4 fully saturated rings. The zero-order chi connectivity index (χ0) is 44.7. The first-order valence-electron chi connectivity index (χ1n) is 21.5. The Morgan fingerprint density at radius 3 is 2.05 bits per heavy atom. The average molecular weight is 1070 g/mol. The van der Waals surface area contributed by atoms with Crippen molar-refractivity contribution in [2.45, 2.75) is 199 Å². The molecule has 18 unspecified atom stereocenters. The number of fused-ring (bicyclic) bond motifs is 1. The van der Waals surface area contributed by atoms with Crippen LogP contribution in [0, 0.1) is 67.7 Å². The van der Waals surface area contributed by atoms with Gasteiger partial charge in [0, 0.05) is 101 Å². The van der Waals surface area contributed by atoms with Gasteiger partial charge in [0.15, 0.2) is 18.2 Å². The first-order valence-corrected chi connectivity index (χ1v) is 21.5. The first-order chi connectivity index (χ1) is 27.2. The number of ether oxygens (including phenoxy) is 8. The van der Waals surface area contributed by atoms with Gasteiger partial charge in [-0.25, -0.2) is 4.79 Å². The van der Waals surface area contributed by atoms with Gasteiger partial charge in [0.1, 0.15) is 24.1 Å². The number of rotatable bonds is 10. The number of hydrogen-bond donors (Lipinski definition) is 3. The zero-order valence-corrected chi connectivity index (χ0v) is 43.9. The monoisotopic (exact) mass is 1070 g/mol. The largest absolute Gasteiger partial charge is 0.458 e. The number of methoxy groups -OCH3 is 2. The van der Waals surface area contributed by atoms with Gasteiger partial charge in [-0.05, 0) is 88.7 Å². The minimum absolute atomic E-state index is 0. The summed E-state index contributed by atoms with van der Waals surface area (Å²) >= 11 is 0. The van der Waals surface area contributed by atoms with Crippen molar-refractivity contribution in [1.82, 2.24) is 9.80 Å². The van der Waals surface area contributed by atoms with Crippen molar-refractivity contribution in [3.63, 3.8) is 0 Å². The number of Topliss-reactive ketones (excluding diaryl/α,β-unsaturated/α-hetero) is 1. The SMILES string of the molecule is CCC1OC(=O)C(C)C(OC2CC(C)(OC)C(O)C(C)O2)C(C)C(OC2OC(C)CC(N(C)C)C2O)C(C)(OC)CC(C)C(=O)C(C)C2N(CC(C)(C)N)C(=O)OC12C.[Ac]. The molecule has 0 aromatic carbocycles. The maximum Gasteiger partial charge on any atom is 0.411 e. The molecule has 4 N–H and O–H groups in total. The van der Waals surface area contributed by atoms with Crippen LogP contribution in [0.1, 0.15) is 109 Å². The van der Waals surface area contributed by atoms with Gasteiger partial charge in [-0.1, -0.05) is 27.7 Å². The van der Waals surface area contributed by atoms with Crippen LogP contribution in [0.4, 0.5) is 4.79 Å². The second-order valence-electron chi connectivity index (χ2n) is 19.6. The van der Waals surface area contributed by atoms with E-state index in [1.54, 1.807) is 55.6 Å². The first kappa shape index (κ1) is 53.8. The molecule has 4 aliphatic rings. The molecule has 0 aromatic heterocycles. The number of ketones is 1. The summed E-state index contributed by atoms with van der Waals surface area (Å²) in [6, 6.07) is -1.14. The van der Waals surface area contributed by atoms with Gasteiger partial charge in [-0.2, -0.15) is 0 Å². The number of nitrogens with zero attached hydrogens (tertiary/aromatic N) is 2. The Morgan fingerprint density at radius 1 is 0.917 bits per heavy atom. The molecule has 16 nitrogen and oxygen atoms in total. The maximum absolute atomic E-state index is 14.8. The summed E-state index contributed by atoms with van der Waals surface area (Å²) in [6.45, 7) is 21.7. The Morgan fingerprint density at radius 2 is 1.52 bits per heavy atom. The van der Waals surface area contributed by atoms with E-state index in [4.69, 9.17) is 43.6 Å². The topological polar surface area (TPSA) is 198 Å². The van der Waals surface area contributed by atoms with Gasteiger partial charge in [-0.15, -0.1) is 0 Å². The van der Waals surface area contributed by atoms with Gasteiger partial charge in [-0.3, -0.25) is 14.5 Å². The van der Waals surface area contributed by atoms with Crippen molar-refractivity contribution in [3.05, 3.63) is 0 Å². The molecule has 345 valence electrons. The van der Waals surface area contributed by atoms with E-state index in [2.05, 4.69) is 0 Å². The van der Waals surface area contributed by atoms with E-state index in [0.717, 1.165) is 0 Å². The normalized spacial score (nSPS) is 45.0. The molecule has 4 rings (SSSR count). The Bertz CT molecular complexity index is 1470. The van der Waals surface area contributed by atoms with Crippen LogP contribution in [0.5, 0.6) is 0 Å². The van der Waals surface area contributed by atoms with E-state index in [0.29, 0.717) is 6.42 Å². The quantitative estimate of drug-likeness (QED) is 0.268. The van der Waals surface area contributed by atoms with Crippen LogP contribution >= 0.6 is 0 Å². The number of likely N-dealkylation sites (N-methyl/N-ethyl adjacent to an activating group) is 1. The number of esters is 1. The molecule has 0 bridgehead atoms. The van der Waals surface area contributed by atoms with Gasteiger partial charge in [0.05, 0.1) is 47.6 Å². The molecule has 0 saturated carbocycles. The van der Waals surface area contributed by atoms with Crippen LogP contribution in [0.15, 0.2) is 0 Å². The van der Waals surface area contributed by atoms with Crippen LogP contribution in [0.25, 0.3) is 0 Å². The molecular formula is C43H77AcN3O13. The van der Waals surface area contributed by atoms with E-state index < -0.39 is 113 Å². The van der Waals surface area contributed by atoms with Crippen LogP contribution in [0.3, 0.4) is 0 Å². The van der Waals surface area contributed by atoms with Crippen LogP contribution in [-0.2, 0) is 47.5 Å². The summed E-state index contributed by atoms with van der Waals surface area (Å²) in [5.74, 6) is -3.95. The number of hydrogen-bond acceptors (Lipinski definition) is 15. The Hall–Kier alpha value is -0.548. The van der Waals surface area contributed by atoms with Gasteiger partial charge >= 0.3 is 12.1 Å². The molecule has 0 spiro atoms. The Labute approximate surface area is 394 Å². The second-order valence-corrected chi connectivity index (χ2v) is 19.6. The minimum Gasteiger partial charge on any atom is -0.458 e. The maximum atomic E-state index is 14.8. The third-order valence-electron chi connectivity index (χ3n) is 13.7. The molecule has 4 saturated heterocycles. The van der Waals surface area contributed by atoms with E-state index in [9.17, 15) is 24.6 Å². The van der Waals surface area contributed by atoms with Crippen LogP contribution in [0.2, 0.25) is 0 Å². The van der Waals surface area contributed by atoms with Gasteiger partial charge in [0.25, 0.3) is 0 Å². The van der Waals surface area contributed by atoms with Gasteiger partial charge in [0.2, 0.25) is 0 Å². The number of carbonyl (C=O) groups is 3. The number of carbonyl (C=O) groups excluding carboxylic acids is 3. The van der Waals surface area contributed by atoms with Crippen molar-refractivity contribution in [3.8, 4) is 0 Å². The molecule has 1 radical (unpaired) electrons. The third-order valence-corrected chi connectivity index (χ3v) is 13.7. The van der Waals surface area contributed by atoms with Crippen molar-refractivity contribution >= 4 is 17.8 Å². The Balaban J connectivity index is 0.00000961. The smallest absolute Gasteiger partial charge is 0.411 e. The van der Waals surface area contributed by atoms with Gasteiger partial charge < -0.3 is 58.7 Å². The minimum atomic E-state index is -1.43. The van der Waals surface area contributed by atoms with Crippen molar-refractivity contribution in [2.24, 2.45) is 29.4 Å². The number of aliphatic hydroxyl groups is 2. The van der Waals surface area contributed by atoms with E-state index >= 15 is 0 Å². The molecule has 0 aliphatic carbocycles. The molecule has 60 heavy (non-hydrogen) atoms. The third kappa shape index (κ3) is 11.3. The number of amides is 1. The van der Waals surface area contributed by atoms with Crippen molar-refractivity contribution in [1.29, 1.82) is 0 Å². The molecule has 17 heteroatoms. The molecular weight excluding hydrogens is 993 g/mol. The summed E-state index contributed by atoms with van der Waals surface area (Å²) < 4.78 is 51.1. The predicted molar refractivity (Wildman–Crippen MR) is 218 cm³/mol. The summed E-state index contributed by atoms with van der Waals surface area (Å²) in [4.78, 5) is 46.8. The fourth-order valence-corrected chi connectivity index (χ4v) is 10.2. The molecule has 1 amide bonds. The molecule has 0 aromatic rings. The standard InChI is InChI=1S/C43H77N3O13.Ac/c1-17-29-43(12)34(46(39(51)59-43)21-40(8,9)44)24(4)31(47)22(2)19-42(11,53-16)36(58-38-32(48)28(45(13)14)18-23(3)54-38)25(5)33(26(6)37(50)56-29)57-30-20-41(10,52-15)35(49)27(7)55-30;/h22-30,32-36,38,48-49H,17-21,44H2,1-16H3;. The fraction of sp³-hybridized carbons (Fsp3) is 0.930. The van der Waals surface area contributed by atoms with Crippen molar-refractivity contribution in [2.75, 3.05) is 34.9 Å². The van der Waals surface area contributed by atoms with Crippen molar-refractivity contribution < 1.29 is 107 Å². The zero-order valence-electron chi connectivity index (χ0n) is 39.1. The summed E-state index contributed by atoms with van der Waals surface area (Å²) in [5.41, 5.74) is 1.91.